The predicted molar refractivity (Wildman–Crippen MR) is 85.5 cm³/mol. The van der Waals surface area contributed by atoms with Crippen molar-refractivity contribution in [2.24, 2.45) is 0 Å². The monoisotopic (exact) mass is 313 g/mol. The molecule has 1 atom stereocenters. The van der Waals surface area contributed by atoms with Crippen LogP contribution in [-0.2, 0) is 6.42 Å². The maximum atomic E-state index is 12.1. The van der Waals surface area contributed by atoms with Gasteiger partial charge in [-0.2, -0.15) is 0 Å². The Morgan fingerprint density at radius 2 is 1.83 bits per heavy atom. The van der Waals surface area contributed by atoms with Gasteiger partial charge in [-0.05, 0) is 38.3 Å². The first-order chi connectivity index (χ1) is 10.9. The molecule has 0 bridgehead atoms. The first kappa shape index (κ1) is 16.6. The molecule has 1 heterocycles. The van der Waals surface area contributed by atoms with E-state index in [1.807, 2.05) is 26.8 Å². The highest BCUT2D eigenvalue weighted by atomic mass is 16.4. The number of aromatic carboxylic acids is 1. The number of carboxylic acid groups (broad SMARTS) is 1. The molecule has 0 saturated heterocycles. The maximum Gasteiger partial charge on any atom is 0.356 e. The van der Waals surface area contributed by atoms with Gasteiger partial charge in [0.05, 0.1) is 12.4 Å². The summed E-state index contributed by atoms with van der Waals surface area (Å²) in [6.45, 7) is 6.00. The van der Waals surface area contributed by atoms with Gasteiger partial charge in [0, 0.05) is 6.04 Å². The van der Waals surface area contributed by atoms with Crippen LogP contribution in [0.4, 0.5) is 0 Å². The van der Waals surface area contributed by atoms with Crippen LogP contribution in [0.1, 0.15) is 44.6 Å². The van der Waals surface area contributed by atoms with Crippen molar-refractivity contribution in [2.75, 3.05) is 0 Å². The number of aryl methyl sites for hydroxylation is 2. The Kier molecular flexibility index (Phi) is 5.05. The van der Waals surface area contributed by atoms with Gasteiger partial charge in [0.2, 0.25) is 0 Å². The topological polar surface area (TPSA) is 92.2 Å². The number of hydrogen-bond acceptors (Lipinski definition) is 4. The van der Waals surface area contributed by atoms with E-state index in [2.05, 4.69) is 27.4 Å². The summed E-state index contributed by atoms with van der Waals surface area (Å²) in [7, 11) is 0. The van der Waals surface area contributed by atoms with E-state index in [0.717, 1.165) is 6.20 Å². The fraction of sp³-hybridized carbons (Fsp3) is 0.294. The third-order valence-electron chi connectivity index (χ3n) is 3.51. The van der Waals surface area contributed by atoms with Gasteiger partial charge in [-0.25, -0.2) is 14.8 Å². The van der Waals surface area contributed by atoms with Gasteiger partial charge in [-0.3, -0.25) is 4.79 Å². The lowest BCUT2D eigenvalue weighted by Gasteiger charge is -2.15. The second-order valence-corrected chi connectivity index (χ2v) is 5.60. The van der Waals surface area contributed by atoms with Gasteiger partial charge in [0.15, 0.2) is 5.69 Å². The zero-order valence-electron chi connectivity index (χ0n) is 13.3. The van der Waals surface area contributed by atoms with Crippen LogP contribution >= 0.6 is 0 Å². The first-order valence-electron chi connectivity index (χ1n) is 7.29. The van der Waals surface area contributed by atoms with Gasteiger partial charge >= 0.3 is 5.97 Å². The van der Waals surface area contributed by atoms with Crippen molar-refractivity contribution in [2.45, 2.75) is 33.2 Å². The first-order valence-corrected chi connectivity index (χ1v) is 7.29. The van der Waals surface area contributed by atoms with Crippen molar-refractivity contribution in [3.63, 3.8) is 0 Å². The molecule has 2 rings (SSSR count). The number of carbonyl (C=O) groups excluding carboxylic acids is 1. The van der Waals surface area contributed by atoms with Crippen LogP contribution in [0.5, 0.6) is 0 Å². The van der Waals surface area contributed by atoms with Gasteiger partial charge < -0.3 is 10.4 Å². The van der Waals surface area contributed by atoms with E-state index in [9.17, 15) is 9.59 Å². The van der Waals surface area contributed by atoms with E-state index in [1.54, 1.807) is 0 Å². The quantitative estimate of drug-likeness (QED) is 0.882. The SMILES string of the molecule is Cc1ccc(CC(C)NC(=O)c2cnc(C(=O)O)cn2)c(C)c1. The minimum Gasteiger partial charge on any atom is -0.476 e. The van der Waals surface area contributed by atoms with E-state index in [-0.39, 0.29) is 23.3 Å². The summed E-state index contributed by atoms with van der Waals surface area (Å²) in [6.07, 6.45) is 2.95. The molecule has 0 fully saturated rings. The molecule has 6 heteroatoms. The predicted octanol–water partition coefficient (Wildman–Crippen LogP) is 2.15. The minimum absolute atomic E-state index is 0.0788. The van der Waals surface area contributed by atoms with E-state index >= 15 is 0 Å². The minimum atomic E-state index is -1.17. The Morgan fingerprint density at radius 3 is 2.39 bits per heavy atom. The number of carboxylic acids is 1. The Morgan fingerprint density at radius 1 is 1.17 bits per heavy atom. The zero-order valence-corrected chi connectivity index (χ0v) is 13.3. The molecule has 23 heavy (non-hydrogen) atoms. The molecule has 2 aromatic rings. The van der Waals surface area contributed by atoms with Crippen LogP contribution in [0.3, 0.4) is 0 Å². The average molecular weight is 313 g/mol. The molecule has 120 valence electrons. The van der Waals surface area contributed by atoms with Crippen LogP contribution < -0.4 is 5.32 Å². The van der Waals surface area contributed by atoms with E-state index in [0.29, 0.717) is 6.42 Å². The maximum absolute atomic E-state index is 12.1. The molecule has 0 aliphatic carbocycles. The van der Waals surface area contributed by atoms with Gasteiger partial charge in [-0.1, -0.05) is 23.8 Å². The van der Waals surface area contributed by atoms with Crippen molar-refractivity contribution < 1.29 is 14.7 Å². The van der Waals surface area contributed by atoms with Crippen LogP contribution in [0.15, 0.2) is 30.6 Å². The molecule has 2 N–H and O–H groups in total. The molecule has 1 aromatic heterocycles. The highest BCUT2D eigenvalue weighted by molar-refractivity contribution is 5.92. The van der Waals surface area contributed by atoms with Gasteiger partial charge in [-0.15, -0.1) is 0 Å². The third kappa shape index (κ3) is 4.35. The molecule has 6 nitrogen and oxygen atoms in total. The third-order valence-corrected chi connectivity index (χ3v) is 3.51. The Balaban J connectivity index is 2.00. The Labute approximate surface area is 134 Å². The standard InChI is InChI=1S/C17H19N3O3/c1-10-4-5-13(11(2)6-10)7-12(3)20-16(21)14-8-19-15(9-18-14)17(22)23/h4-6,8-9,12H,7H2,1-3H3,(H,20,21)(H,22,23). The number of amides is 1. The molecular formula is C17H19N3O3. The Hall–Kier alpha value is -2.76. The van der Waals surface area contributed by atoms with Crippen molar-refractivity contribution in [3.8, 4) is 0 Å². The number of carbonyl (C=O) groups is 2. The van der Waals surface area contributed by atoms with Gasteiger partial charge in [0.25, 0.3) is 5.91 Å². The smallest absolute Gasteiger partial charge is 0.356 e. The second kappa shape index (κ2) is 7.00. The summed E-state index contributed by atoms with van der Waals surface area (Å²) in [6, 6.07) is 6.15. The summed E-state index contributed by atoms with van der Waals surface area (Å²) >= 11 is 0. The normalized spacial score (nSPS) is 11.8. The summed E-state index contributed by atoms with van der Waals surface area (Å²) in [5, 5.41) is 11.6. The van der Waals surface area contributed by atoms with Crippen LogP contribution in [0.2, 0.25) is 0 Å². The largest absolute Gasteiger partial charge is 0.476 e. The van der Waals surface area contributed by atoms with Crippen molar-refractivity contribution in [1.82, 2.24) is 15.3 Å². The summed E-state index contributed by atoms with van der Waals surface area (Å²) in [5.41, 5.74) is 3.48. The highest BCUT2D eigenvalue weighted by Crippen LogP contribution is 2.12. The molecule has 0 radical (unpaired) electrons. The second-order valence-electron chi connectivity index (χ2n) is 5.60. The molecule has 0 saturated carbocycles. The molecule has 0 aliphatic heterocycles. The summed E-state index contributed by atoms with van der Waals surface area (Å²) in [4.78, 5) is 30.3. The number of nitrogens with zero attached hydrogens (tertiary/aromatic N) is 2. The zero-order chi connectivity index (χ0) is 17.0. The van der Waals surface area contributed by atoms with Gasteiger partial charge in [0.1, 0.15) is 5.69 Å². The molecule has 1 unspecified atom stereocenters. The van der Waals surface area contributed by atoms with Crippen molar-refractivity contribution >= 4 is 11.9 Å². The number of aromatic nitrogens is 2. The van der Waals surface area contributed by atoms with E-state index < -0.39 is 5.97 Å². The highest BCUT2D eigenvalue weighted by Gasteiger charge is 2.14. The van der Waals surface area contributed by atoms with E-state index in [1.165, 1.54) is 22.9 Å². The molecule has 0 aliphatic rings. The van der Waals surface area contributed by atoms with Crippen molar-refractivity contribution in [1.29, 1.82) is 0 Å². The number of rotatable bonds is 5. The molecule has 0 spiro atoms. The Bertz CT molecular complexity index is 726. The van der Waals surface area contributed by atoms with Crippen LogP contribution in [0.25, 0.3) is 0 Å². The number of nitrogens with one attached hydrogen (secondary N) is 1. The molecule has 1 aromatic carbocycles. The van der Waals surface area contributed by atoms with E-state index in [4.69, 9.17) is 5.11 Å². The van der Waals surface area contributed by atoms with Crippen molar-refractivity contribution in [3.05, 3.63) is 58.7 Å². The van der Waals surface area contributed by atoms with Crippen LogP contribution in [0, 0.1) is 13.8 Å². The lowest BCUT2D eigenvalue weighted by atomic mass is 10.00. The molecular weight excluding hydrogens is 294 g/mol. The van der Waals surface area contributed by atoms with Crippen LogP contribution in [-0.4, -0.2) is 33.0 Å². The number of hydrogen-bond donors (Lipinski definition) is 2. The lowest BCUT2D eigenvalue weighted by molar-refractivity contribution is 0.0689. The lowest BCUT2D eigenvalue weighted by Crippen LogP contribution is -2.34. The fourth-order valence-electron chi connectivity index (χ4n) is 2.31. The average Bonchev–Trinajstić information content (AvgIpc) is 2.50. The fourth-order valence-corrected chi connectivity index (χ4v) is 2.31. The number of benzene rings is 1. The molecule has 1 amide bonds. The summed E-state index contributed by atoms with van der Waals surface area (Å²) in [5.74, 6) is -1.54. The summed E-state index contributed by atoms with van der Waals surface area (Å²) < 4.78 is 0.